The summed E-state index contributed by atoms with van der Waals surface area (Å²) in [6, 6.07) is 13.8. The maximum Gasteiger partial charge on any atom is 0.305 e. The van der Waals surface area contributed by atoms with Gasteiger partial charge in [0.15, 0.2) is 0 Å². The molecule has 0 saturated heterocycles. The summed E-state index contributed by atoms with van der Waals surface area (Å²) < 4.78 is 5.22. The van der Waals surface area contributed by atoms with Crippen LogP contribution in [0.3, 0.4) is 0 Å². The Bertz CT molecular complexity index is 808. The van der Waals surface area contributed by atoms with Crippen LogP contribution in [0.1, 0.15) is 33.6 Å². The zero-order valence-electron chi connectivity index (χ0n) is 14.3. The molecule has 0 aliphatic carbocycles. The van der Waals surface area contributed by atoms with Gasteiger partial charge in [0.2, 0.25) is 0 Å². The molecule has 2 aromatic carbocycles. The van der Waals surface area contributed by atoms with E-state index >= 15 is 0 Å². The number of carbonyl (C=O) groups is 3. The lowest BCUT2D eigenvalue weighted by Gasteiger charge is -2.12. The van der Waals surface area contributed by atoms with Crippen LogP contribution in [0.15, 0.2) is 53.0 Å². The summed E-state index contributed by atoms with van der Waals surface area (Å²) in [4.78, 5) is 35.9. The monoisotopic (exact) mass is 418 g/mol. The van der Waals surface area contributed by atoms with Crippen molar-refractivity contribution in [2.24, 2.45) is 0 Å². The lowest BCUT2D eigenvalue weighted by molar-refractivity contribution is -0.140. The Morgan fingerprint density at radius 3 is 2.31 bits per heavy atom. The van der Waals surface area contributed by atoms with Gasteiger partial charge in [-0.2, -0.15) is 0 Å². The third-order valence-corrected chi connectivity index (χ3v) is 4.30. The number of rotatable bonds is 7. The molecule has 0 bridgehead atoms. The molecule has 2 N–H and O–H groups in total. The van der Waals surface area contributed by atoms with Gasteiger partial charge >= 0.3 is 5.97 Å². The summed E-state index contributed by atoms with van der Waals surface area (Å²) in [5, 5.41) is 5.50. The number of anilines is 1. The van der Waals surface area contributed by atoms with Gasteiger partial charge in [0.25, 0.3) is 11.8 Å². The summed E-state index contributed by atoms with van der Waals surface area (Å²) in [5.41, 5.74) is 1.24. The third kappa shape index (κ3) is 5.42. The van der Waals surface area contributed by atoms with E-state index in [1.807, 2.05) is 6.07 Å². The van der Waals surface area contributed by atoms with E-state index in [1.165, 1.54) is 7.11 Å². The molecular formula is C19H19BrN2O4. The van der Waals surface area contributed by atoms with E-state index in [9.17, 15) is 14.4 Å². The number of esters is 1. The van der Waals surface area contributed by atoms with Gasteiger partial charge in [0.1, 0.15) is 0 Å². The van der Waals surface area contributed by atoms with E-state index in [0.29, 0.717) is 34.3 Å². The molecule has 0 unspecified atom stereocenters. The Kier molecular flexibility index (Phi) is 7.35. The van der Waals surface area contributed by atoms with Gasteiger partial charge < -0.3 is 15.4 Å². The lowest BCUT2D eigenvalue weighted by atomic mass is 10.1. The van der Waals surface area contributed by atoms with Crippen molar-refractivity contribution in [1.82, 2.24) is 5.32 Å². The molecular weight excluding hydrogens is 400 g/mol. The van der Waals surface area contributed by atoms with Crippen molar-refractivity contribution in [2.45, 2.75) is 12.8 Å². The molecule has 136 valence electrons. The highest BCUT2D eigenvalue weighted by atomic mass is 79.9. The van der Waals surface area contributed by atoms with Gasteiger partial charge in [-0.15, -0.1) is 0 Å². The molecule has 0 aliphatic heterocycles. The van der Waals surface area contributed by atoms with Gasteiger partial charge in [-0.1, -0.05) is 24.3 Å². The summed E-state index contributed by atoms with van der Waals surface area (Å²) in [6.45, 7) is 0.334. The third-order valence-electron chi connectivity index (χ3n) is 3.61. The fraction of sp³-hybridized carbons (Fsp3) is 0.211. The maximum atomic E-state index is 12.5. The molecule has 0 heterocycles. The highest BCUT2D eigenvalue weighted by Crippen LogP contribution is 2.20. The van der Waals surface area contributed by atoms with Crippen molar-refractivity contribution in [3.05, 3.63) is 64.1 Å². The first kappa shape index (κ1) is 19.7. The number of hydrogen-bond acceptors (Lipinski definition) is 4. The number of carbonyl (C=O) groups excluding carboxylic acids is 3. The van der Waals surface area contributed by atoms with E-state index in [1.54, 1.807) is 42.5 Å². The fourth-order valence-corrected chi connectivity index (χ4v) is 2.72. The maximum absolute atomic E-state index is 12.5. The van der Waals surface area contributed by atoms with Crippen LogP contribution in [0, 0.1) is 0 Å². The quantitative estimate of drug-likeness (QED) is 0.533. The standard InChI is InChI=1S/C19H19BrN2O4/c1-26-17(23)11-6-12-21-18(24)14-8-3-5-10-16(14)22-19(25)13-7-2-4-9-15(13)20/h2-5,7-10H,6,11-12H2,1H3,(H,21,24)(H,22,25). The fourth-order valence-electron chi connectivity index (χ4n) is 2.26. The van der Waals surface area contributed by atoms with Crippen LogP contribution in [0.2, 0.25) is 0 Å². The molecule has 0 saturated carbocycles. The minimum atomic E-state index is -0.321. The minimum Gasteiger partial charge on any atom is -0.469 e. The number of amides is 2. The number of benzene rings is 2. The predicted molar refractivity (Wildman–Crippen MR) is 102 cm³/mol. The zero-order chi connectivity index (χ0) is 18.9. The number of nitrogens with one attached hydrogen (secondary N) is 2. The second kappa shape index (κ2) is 9.72. The first-order valence-corrected chi connectivity index (χ1v) is 8.82. The molecule has 2 rings (SSSR count). The Hall–Kier alpha value is -2.67. The molecule has 0 spiro atoms. The van der Waals surface area contributed by atoms with Crippen molar-refractivity contribution < 1.29 is 19.1 Å². The number of ether oxygens (including phenoxy) is 1. The number of para-hydroxylation sites is 1. The molecule has 0 radical (unpaired) electrons. The second-order valence-electron chi connectivity index (χ2n) is 5.42. The Morgan fingerprint density at radius 1 is 0.962 bits per heavy atom. The van der Waals surface area contributed by atoms with Crippen molar-refractivity contribution in [3.63, 3.8) is 0 Å². The van der Waals surface area contributed by atoms with Gasteiger partial charge in [0.05, 0.1) is 23.9 Å². The highest BCUT2D eigenvalue weighted by molar-refractivity contribution is 9.10. The average Bonchev–Trinajstić information content (AvgIpc) is 2.65. The normalized spacial score (nSPS) is 10.1. The van der Waals surface area contributed by atoms with Crippen LogP contribution in [0.25, 0.3) is 0 Å². The lowest BCUT2D eigenvalue weighted by Crippen LogP contribution is -2.26. The van der Waals surface area contributed by atoms with Crippen LogP contribution < -0.4 is 10.6 Å². The summed E-state index contributed by atoms with van der Waals surface area (Å²) in [6.07, 6.45) is 0.709. The van der Waals surface area contributed by atoms with Crippen LogP contribution >= 0.6 is 15.9 Å². The van der Waals surface area contributed by atoms with E-state index in [4.69, 9.17) is 0 Å². The molecule has 2 aromatic rings. The molecule has 0 atom stereocenters. The molecule has 0 aliphatic rings. The second-order valence-corrected chi connectivity index (χ2v) is 6.27. The number of hydrogen-bond donors (Lipinski definition) is 2. The van der Waals surface area contributed by atoms with Crippen LogP contribution in [-0.4, -0.2) is 31.4 Å². The molecule has 7 heteroatoms. The largest absolute Gasteiger partial charge is 0.469 e. The smallest absolute Gasteiger partial charge is 0.305 e. The van der Waals surface area contributed by atoms with E-state index in [-0.39, 0.29) is 24.2 Å². The van der Waals surface area contributed by atoms with Crippen molar-refractivity contribution in [2.75, 3.05) is 19.0 Å². The summed E-state index contributed by atoms with van der Waals surface area (Å²) in [5.74, 6) is -0.957. The van der Waals surface area contributed by atoms with E-state index in [0.717, 1.165) is 0 Å². The SMILES string of the molecule is COC(=O)CCCNC(=O)c1ccccc1NC(=O)c1ccccc1Br. The van der Waals surface area contributed by atoms with E-state index < -0.39 is 0 Å². The van der Waals surface area contributed by atoms with Crippen LogP contribution in [0.4, 0.5) is 5.69 Å². The first-order valence-electron chi connectivity index (χ1n) is 8.03. The summed E-state index contributed by atoms with van der Waals surface area (Å²) in [7, 11) is 1.32. The van der Waals surface area contributed by atoms with Crippen LogP contribution in [0.5, 0.6) is 0 Å². The summed E-state index contributed by atoms with van der Waals surface area (Å²) >= 11 is 3.34. The Balaban J connectivity index is 2.03. The predicted octanol–water partition coefficient (Wildman–Crippen LogP) is 3.38. The Labute approximate surface area is 160 Å². The van der Waals surface area contributed by atoms with Crippen molar-refractivity contribution in [1.29, 1.82) is 0 Å². The zero-order valence-corrected chi connectivity index (χ0v) is 15.8. The Morgan fingerprint density at radius 2 is 1.62 bits per heavy atom. The number of halogens is 1. The topological polar surface area (TPSA) is 84.5 Å². The molecule has 2 amide bonds. The molecule has 0 aromatic heterocycles. The number of methoxy groups -OCH3 is 1. The van der Waals surface area contributed by atoms with E-state index in [2.05, 4.69) is 31.3 Å². The minimum absolute atomic E-state index is 0.233. The van der Waals surface area contributed by atoms with Crippen LogP contribution in [-0.2, 0) is 9.53 Å². The first-order chi connectivity index (χ1) is 12.5. The van der Waals surface area contributed by atoms with Crippen molar-refractivity contribution in [3.8, 4) is 0 Å². The van der Waals surface area contributed by atoms with Gasteiger partial charge in [0, 0.05) is 17.4 Å². The van der Waals surface area contributed by atoms with Gasteiger partial charge in [-0.25, -0.2) is 0 Å². The average molecular weight is 419 g/mol. The molecule has 6 nitrogen and oxygen atoms in total. The van der Waals surface area contributed by atoms with Gasteiger partial charge in [-0.05, 0) is 46.6 Å². The van der Waals surface area contributed by atoms with Crippen molar-refractivity contribution >= 4 is 39.4 Å². The van der Waals surface area contributed by atoms with Gasteiger partial charge in [-0.3, -0.25) is 14.4 Å². The molecule has 0 fully saturated rings. The molecule has 26 heavy (non-hydrogen) atoms. The highest BCUT2D eigenvalue weighted by Gasteiger charge is 2.15.